The fraction of sp³-hybridized carbons (Fsp3) is 0.0769. The van der Waals surface area contributed by atoms with Crippen molar-refractivity contribution in [2.24, 2.45) is 0 Å². The van der Waals surface area contributed by atoms with Crippen LogP contribution in [0.25, 0.3) is 6.08 Å². The topological polar surface area (TPSA) is 157 Å². The highest BCUT2D eigenvalue weighted by atomic mass is 32.2. The molecule has 1 atom stereocenters. The number of amides is 3. The molecule has 3 amide bonds. The molecular weight excluding hydrogens is 669 g/mol. The Labute approximate surface area is 297 Å². The van der Waals surface area contributed by atoms with Crippen LogP contribution in [0.4, 0.5) is 17.1 Å². The van der Waals surface area contributed by atoms with Crippen molar-refractivity contribution in [1.29, 1.82) is 0 Å². The van der Waals surface area contributed by atoms with E-state index in [0.717, 1.165) is 10.5 Å². The number of benzene rings is 5. The fourth-order valence-electron chi connectivity index (χ4n) is 4.77. The number of nitro groups is 1. The monoisotopic (exact) mass is 700 g/mol. The lowest BCUT2D eigenvalue weighted by Gasteiger charge is -2.18. The number of esters is 1. The van der Waals surface area contributed by atoms with Gasteiger partial charge >= 0.3 is 5.97 Å². The number of hydrogen-bond donors (Lipinski definition) is 3. The van der Waals surface area contributed by atoms with Gasteiger partial charge < -0.3 is 20.7 Å². The van der Waals surface area contributed by atoms with Gasteiger partial charge in [0, 0.05) is 34.0 Å². The lowest BCUT2D eigenvalue weighted by atomic mass is 10.1. The van der Waals surface area contributed by atoms with Crippen LogP contribution in [-0.4, -0.2) is 35.2 Å². The molecule has 0 heterocycles. The largest absolute Gasteiger partial charge is 0.462 e. The summed E-state index contributed by atoms with van der Waals surface area (Å²) in [7, 11) is 0. The smallest absolute Gasteiger partial charge is 0.338 e. The predicted octanol–water partition coefficient (Wildman–Crippen LogP) is 7.65. The fourth-order valence-corrected chi connectivity index (χ4v) is 5.79. The van der Waals surface area contributed by atoms with Gasteiger partial charge in [-0.05, 0) is 96.9 Å². The molecule has 3 N–H and O–H groups in total. The first-order chi connectivity index (χ1) is 24.7. The second-order valence-electron chi connectivity index (χ2n) is 10.9. The Morgan fingerprint density at radius 3 is 1.94 bits per heavy atom. The average Bonchev–Trinajstić information content (AvgIpc) is 3.15. The van der Waals surface area contributed by atoms with Crippen LogP contribution in [0.2, 0.25) is 0 Å². The van der Waals surface area contributed by atoms with E-state index in [4.69, 9.17) is 4.74 Å². The Bertz CT molecular complexity index is 2040. The number of hydrogen-bond acceptors (Lipinski definition) is 8. The first-order valence-electron chi connectivity index (χ1n) is 15.7. The van der Waals surface area contributed by atoms with Gasteiger partial charge in [-0.2, -0.15) is 0 Å². The van der Waals surface area contributed by atoms with Crippen molar-refractivity contribution in [2.45, 2.75) is 17.1 Å². The number of anilines is 2. The Morgan fingerprint density at radius 2 is 1.33 bits per heavy atom. The van der Waals surface area contributed by atoms with Crippen molar-refractivity contribution in [1.82, 2.24) is 5.32 Å². The van der Waals surface area contributed by atoms with Crippen molar-refractivity contribution in [3.05, 3.63) is 172 Å². The summed E-state index contributed by atoms with van der Waals surface area (Å²) >= 11 is 1.31. The zero-order valence-electron chi connectivity index (χ0n) is 27.3. The summed E-state index contributed by atoms with van der Waals surface area (Å²) in [6.45, 7) is 1.99. The first kappa shape index (κ1) is 35.8. The van der Waals surface area contributed by atoms with Gasteiger partial charge in [-0.3, -0.25) is 24.5 Å². The summed E-state index contributed by atoms with van der Waals surface area (Å²) in [6.07, 6.45) is 1.43. The highest BCUT2D eigenvalue weighted by molar-refractivity contribution is 8.00. The van der Waals surface area contributed by atoms with Crippen molar-refractivity contribution in [2.75, 3.05) is 17.2 Å². The van der Waals surface area contributed by atoms with Gasteiger partial charge in [-0.25, -0.2) is 4.79 Å². The highest BCUT2D eigenvalue weighted by Gasteiger charge is 2.23. The zero-order chi connectivity index (χ0) is 36.2. The van der Waals surface area contributed by atoms with Crippen LogP contribution in [-0.2, 0) is 14.3 Å². The van der Waals surface area contributed by atoms with Gasteiger partial charge in [-0.1, -0.05) is 48.5 Å². The molecule has 0 radical (unpaired) electrons. The number of nitro benzene ring substituents is 1. The van der Waals surface area contributed by atoms with E-state index in [1.807, 2.05) is 30.3 Å². The molecule has 11 nitrogen and oxygen atoms in total. The average molecular weight is 701 g/mol. The molecule has 0 bridgehead atoms. The number of nitrogens with zero attached hydrogens (tertiary/aromatic N) is 1. The van der Waals surface area contributed by atoms with Crippen LogP contribution in [0.1, 0.15) is 44.0 Å². The first-order valence-corrected chi connectivity index (χ1v) is 16.6. The minimum atomic E-state index is -0.638. The highest BCUT2D eigenvalue weighted by Crippen LogP contribution is 2.37. The molecule has 256 valence electrons. The minimum absolute atomic E-state index is 0.0766. The molecule has 0 saturated carbocycles. The number of non-ortho nitro benzene ring substituents is 1. The molecule has 1 unspecified atom stereocenters. The Kier molecular flexibility index (Phi) is 12.1. The van der Waals surface area contributed by atoms with E-state index in [-0.39, 0.29) is 23.9 Å². The summed E-state index contributed by atoms with van der Waals surface area (Å²) in [6, 6.07) is 36.6. The lowest BCUT2D eigenvalue weighted by Crippen LogP contribution is -2.30. The van der Waals surface area contributed by atoms with Crippen LogP contribution < -0.4 is 16.0 Å². The number of carbonyl (C=O) groups is 4. The molecule has 0 aliphatic rings. The quantitative estimate of drug-likeness (QED) is 0.0372. The molecule has 0 aliphatic heterocycles. The van der Waals surface area contributed by atoms with Gasteiger partial charge in [0.1, 0.15) is 10.9 Å². The van der Waals surface area contributed by atoms with Crippen LogP contribution in [0.5, 0.6) is 0 Å². The Hall–Kier alpha value is -6.53. The van der Waals surface area contributed by atoms with E-state index in [1.165, 1.54) is 42.1 Å². The van der Waals surface area contributed by atoms with Crippen molar-refractivity contribution >= 4 is 58.6 Å². The number of nitrogens with one attached hydrogen (secondary N) is 3. The molecular formula is C39H32N4O7S. The molecule has 0 spiro atoms. The second kappa shape index (κ2) is 17.2. The third kappa shape index (κ3) is 10.00. The summed E-state index contributed by atoms with van der Waals surface area (Å²) in [5, 5.41) is 18.8. The van der Waals surface area contributed by atoms with Crippen LogP contribution in [0, 0.1) is 10.1 Å². The maximum Gasteiger partial charge on any atom is 0.338 e. The Morgan fingerprint density at radius 1 is 0.745 bits per heavy atom. The molecule has 12 heteroatoms. The predicted molar refractivity (Wildman–Crippen MR) is 196 cm³/mol. The third-order valence-electron chi connectivity index (χ3n) is 7.31. The van der Waals surface area contributed by atoms with E-state index < -0.39 is 28.0 Å². The second-order valence-corrected chi connectivity index (χ2v) is 12.1. The minimum Gasteiger partial charge on any atom is -0.462 e. The van der Waals surface area contributed by atoms with E-state index in [9.17, 15) is 29.3 Å². The van der Waals surface area contributed by atoms with Crippen molar-refractivity contribution < 1.29 is 28.8 Å². The van der Waals surface area contributed by atoms with Crippen molar-refractivity contribution in [3.8, 4) is 0 Å². The molecule has 0 aliphatic carbocycles. The lowest BCUT2D eigenvalue weighted by molar-refractivity contribution is -0.384. The summed E-state index contributed by atoms with van der Waals surface area (Å²) < 4.78 is 5.03. The normalized spacial score (nSPS) is 11.5. The number of ether oxygens (including phenoxy) is 1. The summed E-state index contributed by atoms with van der Waals surface area (Å²) in [5.41, 5.74) is 2.71. The maximum atomic E-state index is 13.6. The molecule has 0 saturated heterocycles. The molecule has 5 rings (SSSR count). The van der Waals surface area contributed by atoms with Gasteiger partial charge in [-0.15, -0.1) is 11.8 Å². The van der Waals surface area contributed by atoms with Crippen molar-refractivity contribution in [3.63, 3.8) is 0 Å². The standard InChI is InChI=1S/C39H32N4O7S/c1-2-50-39(47)29-15-17-30(18-16-29)41-38(46)35(27-9-5-3-6-10-27)51-33-23-19-31(20-24-33)40-37(45)34(42-36(44)28-11-7-4-8-12-28)25-26-13-21-32(22-14-26)43(48)49/h3-25,35H,2H2,1H3,(H,40,45)(H,41,46)(H,42,44)/b34-25-. The number of thioether (sulfide) groups is 1. The van der Waals surface area contributed by atoms with Gasteiger partial charge in [0.2, 0.25) is 5.91 Å². The van der Waals surface area contributed by atoms with Crippen LogP contribution >= 0.6 is 11.8 Å². The molecule has 5 aromatic carbocycles. The number of carbonyl (C=O) groups excluding carboxylic acids is 4. The molecule has 0 fully saturated rings. The zero-order valence-corrected chi connectivity index (χ0v) is 28.1. The van der Waals surface area contributed by atoms with Gasteiger partial charge in [0.05, 0.1) is 17.1 Å². The Balaban J connectivity index is 1.31. The van der Waals surface area contributed by atoms with E-state index in [0.29, 0.717) is 28.1 Å². The van der Waals surface area contributed by atoms with E-state index in [2.05, 4.69) is 16.0 Å². The van der Waals surface area contributed by atoms with Gasteiger partial charge in [0.15, 0.2) is 0 Å². The SMILES string of the molecule is CCOC(=O)c1ccc(NC(=O)C(Sc2ccc(NC(=O)/C(=C/c3ccc([N+](=O)[O-])cc3)NC(=O)c3ccccc3)cc2)c2ccccc2)cc1. The van der Waals surface area contributed by atoms with Crippen LogP contribution in [0.15, 0.2) is 144 Å². The maximum absolute atomic E-state index is 13.6. The van der Waals surface area contributed by atoms with Gasteiger partial charge in [0.25, 0.3) is 17.5 Å². The molecule has 0 aromatic heterocycles. The van der Waals surface area contributed by atoms with Crippen LogP contribution in [0.3, 0.4) is 0 Å². The summed E-state index contributed by atoms with van der Waals surface area (Å²) in [5.74, 6) is -1.84. The van der Waals surface area contributed by atoms with E-state index in [1.54, 1.807) is 85.8 Å². The number of rotatable bonds is 13. The summed E-state index contributed by atoms with van der Waals surface area (Å²) in [4.78, 5) is 63.3. The molecule has 51 heavy (non-hydrogen) atoms. The molecule has 5 aromatic rings. The third-order valence-corrected chi connectivity index (χ3v) is 8.58. The van der Waals surface area contributed by atoms with E-state index >= 15 is 0 Å².